The van der Waals surface area contributed by atoms with E-state index in [1.807, 2.05) is 42.5 Å². The number of cyclic esters (lactones) is 1. The van der Waals surface area contributed by atoms with Gasteiger partial charge in [-0.3, -0.25) is 9.59 Å². The number of hydrogen-bond donors (Lipinski definition) is 0. The summed E-state index contributed by atoms with van der Waals surface area (Å²) in [5.74, 6) is -1.15. The van der Waals surface area contributed by atoms with Crippen molar-refractivity contribution in [2.45, 2.75) is 29.6 Å². The van der Waals surface area contributed by atoms with Crippen molar-refractivity contribution in [2.24, 2.45) is 0 Å². The Kier molecular flexibility index (Phi) is 4.51. The van der Waals surface area contributed by atoms with Crippen LogP contribution in [0.25, 0.3) is 0 Å². The molecule has 0 amide bonds. The van der Waals surface area contributed by atoms with Gasteiger partial charge in [-0.15, -0.1) is 0 Å². The van der Waals surface area contributed by atoms with Crippen molar-refractivity contribution in [3.8, 4) is 0 Å². The van der Waals surface area contributed by atoms with Crippen LogP contribution in [0.15, 0.2) is 60.7 Å². The minimum atomic E-state index is -1.05. The highest BCUT2D eigenvalue weighted by Gasteiger charge is 2.65. The van der Waals surface area contributed by atoms with Gasteiger partial charge in [-0.25, -0.2) is 0 Å². The SMILES string of the molecule is COC(=O)[C@@H]1C=C[C@]23C(=O)OCCCOC[C@@]2(c2ccccc2)Cc2cccc1c23. The van der Waals surface area contributed by atoms with Crippen LogP contribution in [0.4, 0.5) is 0 Å². The standard InChI is InChI=1S/C25H24O5/c1-28-22(26)20-11-12-25-21-17(7-5-10-19(20)21)15-24(25,18-8-3-2-4-9-18)16-29-13-6-14-30-23(25)27/h2-5,7-12,20H,6,13-16H2,1H3/t20-,24-,25+/m1/s1. The monoisotopic (exact) mass is 404 g/mol. The molecule has 5 nitrogen and oxygen atoms in total. The maximum Gasteiger partial charge on any atom is 0.321 e. The van der Waals surface area contributed by atoms with E-state index in [4.69, 9.17) is 14.2 Å². The molecule has 1 aliphatic heterocycles. The molecule has 1 spiro atoms. The molecule has 5 rings (SSSR count). The van der Waals surface area contributed by atoms with Crippen molar-refractivity contribution in [3.63, 3.8) is 0 Å². The molecule has 0 radical (unpaired) electrons. The van der Waals surface area contributed by atoms with E-state index in [9.17, 15) is 9.59 Å². The summed E-state index contributed by atoms with van der Waals surface area (Å²) in [4.78, 5) is 26.3. The van der Waals surface area contributed by atoms with Gasteiger partial charge in [-0.05, 0) is 28.7 Å². The number of esters is 2. The normalized spacial score (nSPS) is 29.6. The summed E-state index contributed by atoms with van der Waals surface area (Å²) in [5.41, 5.74) is 2.09. The Morgan fingerprint density at radius 3 is 2.73 bits per heavy atom. The zero-order chi connectivity index (χ0) is 20.8. The van der Waals surface area contributed by atoms with Crippen LogP contribution in [0.1, 0.15) is 34.6 Å². The number of ether oxygens (including phenoxy) is 3. The van der Waals surface area contributed by atoms with Crippen LogP contribution < -0.4 is 0 Å². The van der Waals surface area contributed by atoms with E-state index in [0.717, 1.165) is 22.3 Å². The molecule has 1 fully saturated rings. The van der Waals surface area contributed by atoms with Crippen LogP contribution in [0, 0.1) is 0 Å². The quantitative estimate of drug-likeness (QED) is 0.568. The molecule has 3 aliphatic rings. The number of carbonyl (C=O) groups is 2. The van der Waals surface area contributed by atoms with Crippen molar-refractivity contribution < 1.29 is 23.8 Å². The van der Waals surface area contributed by atoms with Crippen molar-refractivity contribution >= 4 is 11.9 Å². The fourth-order valence-corrected chi connectivity index (χ4v) is 5.52. The van der Waals surface area contributed by atoms with E-state index < -0.39 is 16.7 Å². The second-order valence-electron chi connectivity index (χ2n) is 8.22. The Bertz CT molecular complexity index is 1030. The molecule has 5 heteroatoms. The van der Waals surface area contributed by atoms with Crippen LogP contribution >= 0.6 is 0 Å². The molecule has 2 aliphatic carbocycles. The van der Waals surface area contributed by atoms with E-state index in [0.29, 0.717) is 32.7 Å². The fourth-order valence-electron chi connectivity index (χ4n) is 5.52. The van der Waals surface area contributed by atoms with Gasteiger partial charge < -0.3 is 14.2 Å². The first-order valence-corrected chi connectivity index (χ1v) is 10.3. The average Bonchev–Trinajstić information content (AvgIpc) is 3.11. The Morgan fingerprint density at radius 2 is 1.93 bits per heavy atom. The Morgan fingerprint density at radius 1 is 1.10 bits per heavy atom. The topological polar surface area (TPSA) is 61.8 Å². The molecule has 0 N–H and O–H groups in total. The van der Waals surface area contributed by atoms with Crippen LogP contribution in [0.2, 0.25) is 0 Å². The lowest BCUT2D eigenvalue weighted by atomic mass is 9.57. The number of methoxy groups -OCH3 is 1. The molecule has 2 aromatic carbocycles. The zero-order valence-corrected chi connectivity index (χ0v) is 16.9. The highest BCUT2D eigenvalue weighted by molar-refractivity contribution is 5.95. The summed E-state index contributed by atoms with van der Waals surface area (Å²) in [7, 11) is 1.39. The summed E-state index contributed by atoms with van der Waals surface area (Å²) < 4.78 is 17.0. The highest BCUT2D eigenvalue weighted by Crippen LogP contribution is 2.59. The fraction of sp³-hybridized carbons (Fsp3) is 0.360. The Hall–Kier alpha value is -2.92. The van der Waals surface area contributed by atoms with E-state index in [-0.39, 0.29) is 11.9 Å². The maximum absolute atomic E-state index is 13.8. The molecule has 30 heavy (non-hydrogen) atoms. The van der Waals surface area contributed by atoms with Gasteiger partial charge in [0.2, 0.25) is 0 Å². The van der Waals surface area contributed by atoms with E-state index >= 15 is 0 Å². The van der Waals surface area contributed by atoms with Crippen molar-refractivity contribution in [2.75, 3.05) is 26.9 Å². The average molecular weight is 404 g/mol. The first-order valence-electron chi connectivity index (χ1n) is 10.3. The smallest absolute Gasteiger partial charge is 0.321 e. The van der Waals surface area contributed by atoms with Gasteiger partial charge in [0.25, 0.3) is 0 Å². The molecule has 154 valence electrons. The van der Waals surface area contributed by atoms with Crippen molar-refractivity contribution in [1.82, 2.24) is 0 Å². The lowest BCUT2D eigenvalue weighted by Crippen LogP contribution is -2.55. The van der Waals surface area contributed by atoms with E-state index in [2.05, 4.69) is 12.1 Å². The van der Waals surface area contributed by atoms with E-state index in [1.54, 1.807) is 6.08 Å². The van der Waals surface area contributed by atoms with Gasteiger partial charge in [0.05, 0.1) is 20.3 Å². The van der Waals surface area contributed by atoms with Gasteiger partial charge >= 0.3 is 11.9 Å². The van der Waals surface area contributed by atoms with E-state index in [1.165, 1.54) is 7.11 Å². The summed E-state index contributed by atoms with van der Waals surface area (Å²) in [5, 5.41) is 0. The maximum atomic E-state index is 13.8. The number of benzene rings is 2. The molecule has 0 aromatic heterocycles. The third kappa shape index (κ3) is 2.45. The molecule has 1 heterocycles. The molecular weight excluding hydrogens is 380 g/mol. The van der Waals surface area contributed by atoms with Crippen molar-refractivity contribution in [1.29, 1.82) is 0 Å². The molecule has 0 saturated carbocycles. The predicted molar refractivity (Wildman–Crippen MR) is 110 cm³/mol. The van der Waals surface area contributed by atoms with Crippen LogP contribution in [-0.2, 0) is 41.1 Å². The number of rotatable bonds is 2. The van der Waals surface area contributed by atoms with Gasteiger partial charge in [0, 0.05) is 18.4 Å². The summed E-state index contributed by atoms with van der Waals surface area (Å²) in [6, 6.07) is 16.0. The number of carbonyl (C=O) groups excluding carboxylic acids is 2. The zero-order valence-electron chi connectivity index (χ0n) is 16.9. The van der Waals surface area contributed by atoms with Gasteiger partial charge in [-0.2, -0.15) is 0 Å². The summed E-state index contributed by atoms with van der Waals surface area (Å²) in [6.45, 7) is 1.25. The third-order valence-electron chi connectivity index (χ3n) is 6.82. The third-order valence-corrected chi connectivity index (χ3v) is 6.82. The van der Waals surface area contributed by atoms with Gasteiger partial charge in [0.1, 0.15) is 11.3 Å². The van der Waals surface area contributed by atoms with Crippen LogP contribution in [-0.4, -0.2) is 38.9 Å². The second kappa shape index (κ2) is 7.10. The van der Waals surface area contributed by atoms with Gasteiger partial charge in [0.15, 0.2) is 0 Å². The molecule has 0 unspecified atom stereocenters. The molecule has 1 saturated heterocycles. The summed E-state index contributed by atoms with van der Waals surface area (Å²) >= 11 is 0. The Balaban J connectivity index is 1.82. The van der Waals surface area contributed by atoms with Crippen LogP contribution in [0.3, 0.4) is 0 Å². The molecule has 0 bridgehead atoms. The number of hydrogen-bond acceptors (Lipinski definition) is 5. The second-order valence-corrected chi connectivity index (χ2v) is 8.22. The predicted octanol–water partition coefficient (Wildman–Crippen LogP) is 3.21. The molecular formula is C25H24O5. The van der Waals surface area contributed by atoms with Gasteiger partial charge in [-0.1, -0.05) is 60.7 Å². The molecule has 3 atom stereocenters. The lowest BCUT2D eigenvalue weighted by molar-refractivity contribution is -0.151. The van der Waals surface area contributed by atoms with Crippen molar-refractivity contribution in [3.05, 3.63) is 82.9 Å². The minimum Gasteiger partial charge on any atom is -0.468 e. The summed E-state index contributed by atoms with van der Waals surface area (Å²) in [6.07, 6.45) is 4.99. The van der Waals surface area contributed by atoms with Crippen LogP contribution in [0.5, 0.6) is 0 Å². The minimum absolute atomic E-state index is 0.275. The lowest BCUT2D eigenvalue weighted by Gasteiger charge is -2.45. The largest absolute Gasteiger partial charge is 0.468 e. The first-order chi connectivity index (χ1) is 14.6. The Labute approximate surface area is 175 Å². The molecule has 2 aromatic rings. The first kappa shape index (κ1) is 19.1. The highest BCUT2D eigenvalue weighted by atomic mass is 16.5.